The summed E-state index contributed by atoms with van der Waals surface area (Å²) in [6, 6.07) is 3.59. The molecule has 1 aliphatic heterocycles. The maximum atomic E-state index is 11.7. The van der Waals surface area contributed by atoms with Crippen molar-refractivity contribution >= 4 is 5.97 Å². The van der Waals surface area contributed by atoms with Crippen LogP contribution in [0.1, 0.15) is 36.0 Å². The Hall–Kier alpha value is -1.55. The SMILES string of the molecule is Cc1cc(CN2CC3CCCC3C2C(=O)O)cc(C)c1O. The quantitative estimate of drug-likeness (QED) is 0.898. The van der Waals surface area contributed by atoms with Crippen LogP contribution >= 0.6 is 0 Å². The number of aromatic hydroxyl groups is 1. The third-order valence-corrected chi connectivity index (χ3v) is 5.18. The van der Waals surface area contributed by atoms with Crippen LogP contribution in [0.5, 0.6) is 5.75 Å². The van der Waals surface area contributed by atoms with Gasteiger partial charge in [-0.3, -0.25) is 9.69 Å². The monoisotopic (exact) mass is 289 g/mol. The van der Waals surface area contributed by atoms with Crippen LogP contribution in [0.25, 0.3) is 0 Å². The summed E-state index contributed by atoms with van der Waals surface area (Å²) in [6.07, 6.45) is 3.38. The summed E-state index contributed by atoms with van der Waals surface area (Å²) >= 11 is 0. The van der Waals surface area contributed by atoms with Crippen molar-refractivity contribution in [3.63, 3.8) is 0 Å². The molecule has 21 heavy (non-hydrogen) atoms. The van der Waals surface area contributed by atoms with E-state index >= 15 is 0 Å². The van der Waals surface area contributed by atoms with Crippen molar-refractivity contribution < 1.29 is 15.0 Å². The van der Waals surface area contributed by atoms with Gasteiger partial charge in [0.25, 0.3) is 0 Å². The minimum atomic E-state index is -0.684. The Balaban J connectivity index is 1.82. The summed E-state index contributed by atoms with van der Waals surface area (Å²) in [5, 5.41) is 19.4. The van der Waals surface area contributed by atoms with E-state index in [1.165, 1.54) is 12.8 Å². The molecule has 3 rings (SSSR count). The number of hydrogen-bond donors (Lipinski definition) is 2. The zero-order valence-electron chi connectivity index (χ0n) is 12.7. The molecule has 1 aromatic rings. The maximum Gasteiger partial charge on any atom is 0.321 e. The Labute approximate surface area is 125 Å². The zero-order valence-corrected chi connectivity index (χ0v) is 12.7. The average molecular weight is 289 g/mol. The van der Waals surface area contributed by atoms with E-state index in [4.69, 9.17) is 0 Å². The molecule has 0 bridgehead atoms. The van der Waals surface area contributed by atoms with Crippen LogP contribution in [0.15, 0.2) is 12.1 Å². The number of nitrogens with zero attached hydrogens (tertiary/aromatic N) is 1. The number of rotatable bonds is 3. The van der Waals surface area contributed by atoms with Gasteiger partial charge in [-0.15, -0.1) is 0 Å². The van der Waals surface area contributed by atoms with Gasteiger partial charge in [0.2, 0.25) is 0 Å². The highest BCUT2D eigenvalue weighted by atomic mass is 16.4. The van der Waals surface area contributed by atoms with Gasteiger partial charge < -0.3 is 10.2 Å². The average Bonchev–Trinajstić information content (AvgIpc) is 2.95. The van der Waals surface area contributed by atoms with Crippen LogP contribution in [0, 0.1) is 25.7 Å². The van der Waals surface area contributed by atoms with E-state index in [1.807, 2.05) is 26.0 Å². The van der Waals surface area contributed by atoms with Gasteiger partial charge >= 0.3 is 5.97 Å². The van der Waals surface area contributed by atoms with Gasteiger partial charge in [0.15, 0.2) is 0 Å². The predicted molar refractivity (Wildman–Crippen MR) is 80.2 cm³/mol. The van der Waals surface area contributed by atoms with E-state index in [0.29, 0.717) is 24.1 Å². The number of carbonyl (C=O) groups is 1. The summed E-state index contributed by atoms with van der Waals surface area (Å²) < 4.78 is 0. The van der Waals surface area contributed by atoms with Crippen LogP contribution in [-0.2, 0) is 11.3 Å². The second-order valence-corrected chi connectivity index (χ2v) is 6.65. The first-order valence-corrected chi connectivity index (χ1v) is 7.73. The number of aryl methyl sites for hydroxylation is 2. The molecule has 4 nitrogen and oxygen atoms in total. The number of carboxylic acids is 1. The van der Waals surface area contributed by atoms with Crippen molar-refractivity contribution in [3.8, 4) is 5.75 Å². The van der Waals surface area contributed by atoms with Crippen LogP contribution < -0.4 is 0 Å². The molecule has 0 aromatic heterocycles. The summed E-state index contributed by atoms with van der Waals surface area (Å²) in [4.78, 5) is 13.8. The zero-order chi connectivity index (χ0) is 15.1. The van der Waals surface area contributed by atoms with Gasteiger partial charge in [-0.2, -0.15) is 0 Å². The van der Waals surface area contributed by atoms with E-state index in [0.717, 1.165) is 29.7 Å². The van der Waals surface area contributed by atoms with Crippen LogP contribution in [0.3, 0.4) is 0 Å². The number of benzene rings is 1. The first kappa shape index (κ1) is 14.4. The highest BCUT2D eigenvalue weighted by Crippen LogP contribution is 2.42. The standard InChI is InChI=1S/C17H23NO3/c1-10-6-12(7-11(2)16(10)19)8-18-9-13-4-3-5-14(13)15(18)17(20)21/h6-7,13-15,19H,3-5,8-9H2,1-2H3,(H,20,21). The molecule has 0 spiro atoms. The van der Waals surface area contributed by atoms with Gasteiger partial charge in [-0.25, -0.2) is 0 Å². The molecule has 2 N–H and O–H groups in total. The van der Waals surface area contributed by atoms with E-state index in [9.17, 15) is 15.0 Å². The summed E-state index contributed by atoms with van der Waals surface area (Å²) in [5.74, 6) is 0.524. The van der Waals surface area contributed by atoms with Crippen molar-refractivity contribution in [1.82, 2.24) is 4.90 Å². The molecule has 3 atom stereocenters. The van der Waals surface area contributed by atoms with Gasteiger partial charge in [0.1, 0.15) is 11.8 Å². The van der Waals surface area contributed by atoms with Crippen LogP contribution in [0.2, 0.25) is 0 Å². The first-order valence-electron chi connectivity index (χ1n) is 7.73. The van der Waals surface area contributed by atoms with Crippen molar-refractivity contribution in [2.24, 2.45) is 11.8 Å². The molecule has 1 aliphatic carbocycles. The first-order chi connectivity index (χ1) is 9.97. The predicted octanol–water partition coefficient (Wildman–Crippen LogP) is 2.69. The second-order valence-electron chi connectivity index (χ2n) is 6.65. The third-order valence-electron chi connectivity index (χ3n) is 5.18. The van der Waals surface area contributed by atoms with Crippen molar-refractivity contribution in [1.29, 1.82) is 0 Å². The normalized spacial score (nSPS) is 28.8. The molecule has 2 aliphatic rings. The smallest absolute Gasteiger partial charge is 0.321 e. The molecule has 0 radical (unpaired) electrons. The molecule has 2 fully saturated rings. The van der Waals surface area contributed by atoms with E-state index < -0.39 is 5.97 Å². The number of likely N-dealkylation sites (tertiary alicyclic amines) is 1. The maximum absolute atomic E-state index is 11.7. The summed E-state index contributed by atoms with van der Waals surface area (Å²) in [6.45, 7) is 5.32. The van der Waals surface area contributed by atoms with Crippen molar-refractivity contribution in [2.75, 3.05) is 6.54 Å². The van der Waals surface area contributed by atoms with Crippen LogP contribution in [0.4, 0.5) is 0 Å². The Morgan fingerprint density at radius 3 is 2.57 bits per heavy atom. The largest absolute Gasteiger partial charge is 0.507 e. The summed E-state index contributed by atoms with van der Waals surface area (Å²) in [5.41, 5.74) is 2.81. The van der Waals surface area contributed by atoms with Crippen molar-refractivity contribution in [3.05, 3.63) is 28.8 Å². The highest BCUT2D eigenvalue weighted by Gasteiger charge is 2.47. The van der Waals surface area contributed by atoms with Crippen LogP contribution in [-0.4, -0.2) is 33.7 Å². The number of phenolic OH excluding ortho intramolecular Hbond substituents is 1. The molecular weight excluding hydrogens is 266 g/mol. The molecule has 1 aromatic carbocycles. The minimum absolute atomic E-state index is 0.321. The lowest BCUT2D eigenvalue weighted by Crippen LogP contribution is -2.39. The van der Waals surface area contributed by atoms with Gasteiger partial charge in [0, 0.05) is 13.1 Å². The lowest BCUT2D eigenvalue weighted by Gasteiger charge is -2.24. The topological polar surface area (TPSA) is 60.8 Å². The molecule has 4 heteroatoms. The molecule has 1 saturated heterocycles. The lowest BCUT2D eigenvalue weighted by atomic mass is 9.94. The Morgan fingerprint density at radius 2 is 1.95 bits per heavy atom. The fourth-order valence-corrected chi connectivity index (χ4v) is 4.27. The van der Waals surface area contributed by atoms with E-state index in [2.05, 4.69) is 4.90 Å². The highest BCUT2D eigenvalue weighted by molar-refractivity contribution is 5.74. The van der Waals surface area contributed by atoms with Gasteiger partial charge in [0.05, 0.1) is 0 Å². The summed E-state index contributed by atoms with van der Waals surface area (Å²) in [7, 11) is 0. The molecule has 3 unspecified atom stereocenters. The number of aliphatic carboxylic acids is 1. The van der Waals surface area contributed by atoms with E-state index in [-0.39, 0.29) is 6.04 Å². The fraction of sp³-hybridized carbons (Fsp3) is 0.588. The van der Waals surface area contributed by atoms with Gasteiger partial charge in [-0.05, 0) is 55.2 Å². The lowest BCUT2D eigenvalue weighted by molar-refractivity contribution is -0.143. The molecule has 0 amide bonds. The molecule has 1 saturated carbocycles. The van der Waals surface area contributed by atoms with Crippen molar-refractivity contribution in [2.45, 2.75) is 45.7 Å². The number of fused-ring (bicyclic) bond motifs is 1. The Morgan fingerprint density at radius 1 is 1.29 bits per heavy atom. The molecule has 1 heterocycles. The molecular formula is C17H23NO3. The van der Waals surface area contributed by atoms with E-state index in [1.54, 1.807) is 0 Å². The minimum Gasteiger partial charge on any atom is -0.507 e. The number of phenols is 1. The number of hydrogen-bond acceptors (Lipinski definition) is 3. The number of carboxylic acid groups (broad SMARTS) is 1. The fourth-order valence-electron chi connectivity index (χ4n) is 4.27. The molecule has 114 valence electrons. The third kappa shape index (κ3) is 2.53. The van der Waals surface area contributed by atoms with Gasteiger partial charge in [-0.1, -0.05) is 18.6 Å². The Kier molecular flexibility index (Phi) is 3.66. The Bertz CT molecular complexity index is 546. The second kappa shape index (κ2) is 5.34.